The summed E-state index contributed by atoms with van der Waals surface area (Å²) in [6.45, 7) is 11.9. The van der Waals surface area contributed by atoms with E-state index in [0.29, 0.717) is 0 Å². The Balaban J connectivity index is 2.35. The molecular formula is C22H37N2O5P. The summed E-state index contributed by atoms with van der Waals surface area (Å²) in [5.74, 6) is 0.796. The Labute approximate surface area is 180 Å². The summed E-state index contributed by atoms with van der Waals surface area (Å²) in [6, 6.07) is 5.91. The maximum Gasteiger partial charge on any atom is 0.477 e. The first-order valence-corrected chi connectivity index (χ1v) is 11.6. The largest absolute Gasteiger partial charge is 0.497 e. The second-order valence-electron chi connectivity index (χ2n) is 9.67. The summed E-state index contributed by atoms with van der Waals surface area (Å²) in [5.41, 5.74) is 0.792. The zero-order valence-corrected chi connectivity index (χ0v) is 20.7. The number of aromatic nitrogens is 1. The molecule has 0 aliphatic rings. The maximum absolute atomic E-state index is 13.4. The first-order valence-electron chi connectivity index (χ1n) is 10.2. The van der Waals surface area contributed by atoms with Crippen molar-refractivity contribution in [2.24, 2.45) is 0 Å². The second-order valence-corrected chi connectivity index (χ2v) is 11.2. The average molecular weight is 441 g/mol. The number of benzene rings is 1. The number of likely N-dealkylation sites (N-methyl/N-ethyl adjacent to an activating group) is 1. The molecule has 0 saturated carbocycles. The summed E-state index contributed by atoms with van der Waals surface area (Å²) >= 11 is 0. The molecule has 0 fully saturated rings. The van der Waals surface area contributed by atoms with Gasteiger partial charge in [0, 0.05) is 18.1 Å². The van der Waals surface area contributed by atoms with Crippen LogP contribution in [0, 0.1) is 0 Å². The second kappa shape index (κ2) is 9.41. The molecule has 0 saturated heterocycles. The van der Waals surface area contributed by atoms with Crippen molar-refractivity contribution in [1.82, 2.24) is 9.47 Å². The first kappa shape index (κ1) is 24.9. The third-order valence-corrected chi connectivity index (χ3v) is 6.10. The molecule has 8 heteroatoms. The molecule has 0 aliphatic heterocycles. The highest BCUT2D eigenvalue weighted by molar-refractivity contribution is 7.48. The van der Waals surface area contributed by atoms with Gasteiger partial charge in [-0.1, -0.05) is 0 Å². The van der Waals surface area contributed by atoms with Gasteiger partial charge in [-0.3, -0.25) is 13.6 Å². The Morgan fingerprint density at radius 1 is 1.03 bits per heavy atom. The van der Waals surface area contributed by atoms with E-state index < -0.39 is 19.0 Å². The quantitative estimate of drug-likeness (QED) is 0.482. The van der Waals surface area contributed by atoms with E-state index in [4.69, 9.17) is 18.3 Å². The molecular weight excluding hydrogens is 403 g/mol. The topological polar surface area (TPSA) is 62.2 Å². The minimum absolute atomic E-state index is 0.0498. The summed E-state index contributed by atoms with van der Waals surface area (Å²) in [4.78, 5) is 2.14. The van der Waals surface area contributed by atoms with E-state index in [1.807, 2.05) is 84.6 Å². The normalized spacial score (nSPS) is 13.4. The van der Waals surface area contributed by atoms with Gasteiger partial charge in [-0.15, -0.1) is 0 Å². The SMILES string of the molecule is COc1ccc2c(c1)c(CCN(C)C)cn2COP(=O)(OC(C)(C)C)OC(C)(C)C. The van der Waals surface area contributed by atoms with Crippen molar-refractivity contribution in [2.75, 3.05) is 27.7 Å². The van der Waals surface area contributed by atoms with E-state index in [-0.39, 0.29) is 6.73 Å². The summed E-state index contributed by atoms with van der Waals surface area (Å²) in [5, 5.41) is 1.09. The molecule has 1 heterocycles. The van der Waals surface area contributed by atoms with Gasteiger partial charge in [0.25, 0.3) is 0 Å². The Bertz CT molecular complexity index is 873. The van der Waals surface area contributed by atoms with Crippen LogP contribution in [0.25, 0.3) is 10.9 Å². The highest BCUT2D eigenvalue weighted by atomic mass is 31.2. The van der Waals surface area contributed by atoms with Crippen molar-refractivity contribution >= 4 is 18.7 Å². The zero-order chi connectivity index (χ0) is 22.7. The molecule has 30 heavy (non-hydrogen) atoms. The number of nitrogens with zero attached hydrogens (tertiary/aromatic N) is 2. The molecule has 0 spiro atoms. The summed E-state index contributed by atoms with van der Waals surface area (Å²) in [7, 11) is 1.96. The number of rotatable bonds is 9. The van der Waals surface area contributed by atoms with E-state index in [0.717, 1.165) is 29.6 Å². The van der Waals surface area contributed by atoms with E-state index >= 15 is 0 Å². The maximum atomic E-state index is 13.4. The Morgan fingerprint density at radius 2 is 1.63 bits per heavy atom. The van der Waals surface area contributed by atoms with Crippen molar-refractivity contribution in [2.45, 2.75) is 65.9 Å². The van der Waals surface area contributed by atoms with Crippen LogP contribution in [0.2, 0.25) is 0 Å². The molecule has 0 unspecified atom stereocenters. The van der Waals surface area contributed by atoms with E-state index in [1.165, 1.54) is 5.56 Å². The molecule has 1 aromatic heterocycles. The third kappa shape index (κ3) is 7.40. The van der Waals surface area contributed by atoms with Crippen LogP contribution in [0.1, 0.15) is 47.1 Å². The summed E-state index contributed by atoms with van der Waals surface area (Å²) in [6.07, 6.45) is 2.91. The third-order valence-electron chi connectivity index (χ3n) is 4.13. The number of hydrogen-bond donors (Lipinski definition) is 0. The average Bonchev–Trinajstić information content (AvgIpc) is 2.92. The van der Waals surface area contributed by atoms with Gasteiger partial charge in [-0.25, -0.2) is 4.57 Å². The lowest BCUT2D eigenvalue weighted by Crippen LogP contribution is -2.25. The lowest BCUT2D eigenvalue weighted by atomic mass is 10.1. The lowest BCUT2D eigenvalue weighted by molar-refractivity contribution is -0.00564. The predicted octanol–water partition coefficient (Wildman–Crippen LogP) is 5.47. The van der Waals surface area contributed by atoms with Crippen molar-refractivity contribution in [3.05, 3.63) is 30.0 Å². The van der Waals surface area contributed by atoms with E-state index in [2.05, 4.69) is 4.90 Å². The van der Waals surface area contributed by atoms with Gasteiger partial charge in [0.15, 0.2) is 0 Å². The lowest BCUT2D eigenvalue weighted by Gasteiger charge is -2.31. The number of ether oxygens (including phenoxy) is 1. The molecule has 2 aromatic rings. The molecule has 0 aliphatic carbocycles. The van der Waals surface area contributed by atoms with Crippen LogP contribution >= 0.6 is 7.82 Å². The zero-order valence-electron chi connectivity index (χ0n) is 19.8. The summed E-state index contributed by atoms with van der Waals surface area (Å²) < 4.78 is 38.0. The Morgan fingerprint density at radius 3 is 2.13 bits per heavy atom. The minimum atomic E-state index is -3.80. The smallest absolute Gasteiger partial charge is 0.477 e. The number of methoxy groups -OCH3 is 1. The molecule has 7 nitrogen and oxygen atoms in total. The van der Waals surface area contributed by atoms with Gasteiger partial charge in [-0.2, -0.15) is 0 Å². The molecule has 0 N–H and O–H groups in total. The Hall–Kier alpha value is -1.37. The predicted molar refractivity (Wildman–Crippen MR) is 121 cm³/mol. The Kier molecular flexibility index (Phi) is 7.81. The van der Waals surface area contributed by atoms with Gasteiger partial charge in [0.1, 0.15) is 12.5 Å². The fraction of sp³-hybridized carbons (Fsp3) is 0.636. The number of fused-ring (bicyclic) bond motifs is 1. The van der Waals surface area contributed by atoms with Crippen molar-refractivity contribution in [3.8, 4) is 5.75 Å². The minimum Gasteiger partial charge on any atom is -0.497 e. The highest BCUT2D eigenvalue weighted by Crippen LogP contribution is 2.55. The molecule has 0 bridgehead atoms. The number of hydrogen-bond acceptors (Lipinski definition) is 6. The molecule has 0 atom stereocenters. The van der Waals surface area contributed by atoms with Gasteiger partial charge in [0.05, 0.1) is 23.8 Å². The van der Waals surface area contributed by atoms with Crippen LogP contribution in [-0.4, -0.2) is 48.4 Å². The van der Waals surface area contributed by atoms with Gasteiger partial charge < -0.3 is 14.2 Å². The number of phosphoric ester groups is 1. The fourth-order valence-corrected chi connectivity index (χ4v) is 4.75. The van der Waals surface area contributed by atoms with Crippen LogP contribution in [0.5, 0.6) is 5.75 Å². The highest BCUT2D eigenvalue weighted by Gasteiger charge is 2.37. The standard InChI is InChI=1S/C22H37N2O5P/c1-21(2,3)28-30(25,29-22(4,5)6)27-16-24-15-17(12-13-23(7)8)19-14-18(26-9)10-11-20(19)24/h10-11,14-15H,12-13,16H2,1-9H3. The van der Waals surface area contributed by atoms with Gasteiger partial charge in [-0.05, 0) is 85.8 Å². The van der Waals surface area contributed by atoms with Crippen LogP contribution in [-0.2, 0) is 31.3 Å². The van der Waals surface area contributed by atoms with E-state index in [9.17, 15) is 4.57 Å². The monoisotopic (exact) mass is 440 g/mol. The fourth-order valence-electron chi connectivity index (χ4n) is 3.00. The number of phosphoric acid groups is 1. The molecule has 2 rings (SSSR count). The molecule has 170 valence electrons. The molecule has 0 amide bonds. The van der Waals surface area contributed by atoms with Crippen molar-refractivity contribution in [3.63, 3.8) is 0 Å². The first-order chi connectivity index (χ1) is 13.7. The van der Waals surface area contributed by atoms with Gasteiger partial charge in [0.2, 0.25) is 0 Å². The van der Waals surface area contributed by atoms with Gasteiger partial charge >= 0.3 is 7.82 Å². The van der Waals surface area contributed by atoms with Crippen LogP contribution < -0.4 is 4.74 Å². The van der Waals surface area contributed by atoms with Crippen molar-refractivity contribution in [1.29, 1.82) is 0 Å². The van der Waals surface area contributed by atoms with E-state index in [1.54, 1.807) is 7.11 Å². The molecule has 1 aromatic carbocycles. The van der Waals surface area contributed by atoms with Crippen LogP contribution in [0.3, 0.4) is 0 Å². The van der Waals surface area contributed by atoms with Crippen LogP contribution in [0.15, 0.2) is 24.4 Å². The van der Waals surface area contributed by atoms with Crippen LogP contribution in [0.4, 0.5) is 0 Å². The molecule has 0 radical (unpaired) electrons. The van der Waals surface area contributed by atoms with Crippen molar-refractivity contribution < 1.29 is 22.9 Å².